The maximum atomic E-state index is 12.6. The van der Waals surface area contributed by atoms with Gasteiger partial charge in [-0.3, -0.25) is 4.79 Å². The smallest absolute Gasteiger partial charge is 0.311 e. The molecule has 2 aromatic rings. The maximum absolute atomic E-state index is 12.6. The second-order valence-corrected chi connectivity index (χ2v) is 7.25. The Morgan fingerprint density at radius 2 is 1.64 bits per heavy atom. The molecule has 5 nitrogen and oxygen atoms in total. The van der Waals surface area contributed by atoms with Crippen LogP contribution >= 0.6 is 0 Å². The predicted molar refractivity (Wildman–Crippen MR) is 101 cm³/mol. The van der Waals surface area contributed by atoms with Gasteiger partial charge in [0, 0.05) is 29.0 Å². The van der Waals surface area contributed by atoms with Crippen molar-refractivity contribution < 1.29 is 9.59 Å². The molecule has 0 aromatic heterocycles. The van der Waals surface area contributed by atoms with Gasteiger partial charge in [0.15, 0.2) is 0 Å². The van der Waals surface area contributed by atoms with Crippen molar-refractivity contribution in [3.05, 3.63) is 54.1 Å². The zero-order valence-electron chi connectivity index (χ0n) is 14.8. The van der Waals surface area contributed by atoms with Crippen molar-refractivity contribution in [1.82, 2.24) is 0 Å². The van der Waals surface area contributed by atoms with E-state index in [1.807, 2.05) is 74.2 Å². The van der Waals surface area contributed by atoms with Crippen LogP contribution in [0.2, 0.25) is 0 Å². The number of fused-ring (bicyclic) bond motifs is 1. The SMILES string of the molecule is CC(C)(C)C(=O)N1CCc2ccc(NC(=O)Nc3ccccc3)cc21. The van der Waals surface area contributed by atoms with Crippen molar-refractivity contribution in [3.63, 3.8) is 0 Å². The lowest BCUT2D eigenvalue weighted by molar-refractivity contribution is -0.125. The number of nitrogens with one attached hydrogen (secondary N) is 2. The number of amides is 3. The molecule has 2 aromatic carbocycles. The van der Waals surface area contributed by atoms with E-state index in [4.69, 9.17) is 0 Å². The first kappa shape index (κ1) is 17.0. The number of para-hydroxylation sites is 1. The second kappa shape index (κ2) is 6.59. The average molecular weight is 337 g/mol. The molecule has 0 atom stereocenters. The van der Waals surface area contributed by atoms with Crippen LogP contribution in [0.25, 0.3) is 0 Å². The number of nitrogens with zero attached hydrogens (tertiary/aromatic N) is 1. The van der Waals surface area contributed by atoms with Crippen molar-refractivity contribution in [2.45, 2.75) is 27.2 Å². The van der Waals surface area contributed by atoms with Gasteiger partial charge in [0.1, 0.15) is 0 Å². The molecule has 130 valence electrons. The lowest BCUT2D eigenvalue weighted by atomic mass is 9.94. The molecule has 5 heteroatoms. The topological polar surface area (TPSA) is 61.4 Å². The van der Waals surface area contributed by atoms with Crippen LogP contribution in [0.5, 0.6) is 0 Å². The van der Waals surface area contributed by atoms with Crippen LogP contribution in [0, 0.1) is 5.41 Å². The number of urea groups is 1. The first-order chi connectivity index (χ1) is 11.8. The molecule has 0 bridgehead atoms. The summed E-state index contributed by atoms with van der Waals surface area (Å²) < 4.78 is 0. The van der Waals surface area contributed by atoms with Crippen LogP contribution in [0.15, 0.2) is 48.5 Å². The summed E-state index contributed by atoms with van der Waals surface area (Å²) in [4.78, 5) is 26.6. The lowest BCUT2D eigenvalue weighted by Gasteiger charge is -2.26. The van der Waals surface area contributed by atoms with Gasteiger partial charge in [0.25, 0.3) is 0 Å². The fourth-order valence-corrected chi connectivity index (χ4v) is 2.89. The number of rotatable bonds is 2. The predicted octanol–water partition coefficient (Wildman–Crippen LogP) is 4.27. The minimum atomic E-state index is -0.435. The first-order valence-electron chi connectivity index (χ1n) is 8.42. The Morgan fingerprint density at radius 1 is 0.960 bits per heavy atom. The summed E-state index contributed by atoms with van der Waals surface area (Å²) in [6.07, 6.45) is 0.841. The fourth-order valence-electron chi connectivity index (χ4n) is 2.89. The third kappa shape index (κ3) is 3.82. The molecule has 2 N–H and O–H groups in total. The highest BCUT2D eigenvalue weighted by Crippen LogP contribution is 2.34. The Balaban J connectivity index is 1.75. The van der Waals surface area contributed by atoms with E-state index in [9.17, 15) is 9.59 Å². The first-order valence-corrected chi connectivity index (χ1v) is 8.42. The van der Waals surface area contributed by atoms with Gasteiger partial charge < -0.3 is 15.5 Å². The summed E-state index contributed by atoms with van der Waals surface area (Å²) in [5.74, 6) is 0.0946. The Hall–Kier alpha value is -2.82. The third-order valence-electron chi connectivity index (χ3n) is 4.16. The van der Waals surface area contributed by atoms with Crippen molar-refractivity contribution in [1.29, 1.82) is 0 Å². The Bertz CT molecular complexity index is 794. The maximum Gasteiger partial charge on any atom is 0.323 e. The summed E-state index contributed by atoms with van der Waals surface area (Å²) in [7, 11) is 0. The van der Waals surface area contributed by atoms with Gasteiger partial charge in [-0.05, 0) is 36.2 Å². The molecular weight excluding hydrogens is 314 g/mol. The van der Waals surface area contributed by atoms with Crippen LogP contribution < -0.4 is 15.5 Å². The van der Waals surface area contributed by atoms with Crippen LogP contribution in [-0.2, 0) is 11.2 Å². The fraction of sp³-hybridized carbons (Fsp3) is 0.300. The summed E-state index contributed by atoms with van der Waals surface area (Å²) in [6, 6.07) is 14.7. The number of carbonyl (C=O) groups excluding carboxylic acids is 2. The monoisotopic (exact) mass is 337 g/mol. The summed E-state index contributed by atoms with van der Waals surface area (Å²) in [6.45, 7) is 6.44. The zero-order chi connectivity index (χ0) is 18.0. The molecule has 0 unspecified atom stereocenters. The van der Waals surface area contributed by atoms with E-state index in [2.05, 4.69) is 10.6 Å². The van der Waals surface area contributed by atoms with Gasteiger partial charge in [-0.25, -0.2) is 4.79 Å². The second-order valence-electron chi connectivity index (χ2n) is 7.25. The highest BCUT2D eigenvalue weighted by atomic mass is 16.2. The Kier molecular flexibility index (Phi) is 4.49. The molecule has 3 rings (SSSR count). The third-order valence-corrected chi connectivity index (χ3v) is 4.16. The van der Waals surface area contributed by atoms with E-state index in [1.54, 1.807) is 0 Å². The molecule has 1 aliphatic rings. The van der Waals surface area contributed by atoms with Crippen molar-refractivity contribution >= 4 is 29.0 Å². The molecule has 25 heavy (non-hydrogen) atoms. The van der Waals surface area contributed by atoms with Gasteiger partial charge in [-0.2, -0.15) is 0 Å². The number of anilines is 3. The number of benzene rings is 2. The van der Waals surface area contributed by atoms with E-state index in [0.717, 1.165) is 23.4 Å². The van der Waals surface area contributed by atoms with E-state index < -0.39 is 5.41 Å². The van der Waals surface area contributed by atoms with Crippen LogP contribution in [0.4, 0.5) is 21.9 Å². The molecule has 0 fully saturated rings. The number of hydrogen-bond donors (Lipinski definition) is 2. The van der Waals surface area contributed by atoms with E-state index in [1.165, 1.54) is 0 Å². The molecule has 1 heterocycles. The molecule has 3 amide bonds. The molecule has 0 saturated carbocycles. The van der Waals surface area contributed by atoms with E-state index in [-0.39, 0.29) is 11.9 Å². The van der Waals surface area contributed by atoms with Gasteiger partial charge in [-0.1, -0.05) is 45.0 Å². The van der Waals surface area contributed by atoms with Gasteiger partial charge in [0.2, 0.25) is 5.91 Å². The van der Waals surface area contributed by atoms with Crippen LogP contribution in [0.1, 0.15) is 26.3 Å². The van der Waals surface area contributed by atoms with Crippen LogP contribution in [0.3, 0.4) is 0 Å². The minimum Gasteiger partial charge on any atom is -0.311 e. The summed E-state index contributed by atoms with van der Waals surface area (Å²) in [5, 5.41) is 5.62. The van der Waals surface area contributed by atoms with E-state index in [0.29, 0.717) is 12.2 Å². The van der Waals surface area contributed by atoms with Crippen molar-refractivity contribution in [2.75, 3.05) is 22.1 Å². The Labute approximate surface area is 148 Å². The lowest BCUT2D eigenvalue weighted by Crippen LogP contribution is -2.38. The minimum absolute atomic E-state index is 0.0946. The quantitative estimate of drug-likeness (QED) is 0.860. The molecule has 0 spiro atoms. The highest BCUT2D eigenvalue weighted by molar-refractivity contribution is 6.02. The van der Waals surface area contributed by atoms with Crippen LogP contribution in [-0.4, -0.2) is 18.5 Å². The van der Waals surface area contributed by atoms with Crippen molar-refractivity contribution in [3.8, 4) is 0 Å². The number of hydrogen-bond acceptors (Lipinski definition) is 2. The standard InChI is InChI=1S/C20H23N3O2/c1-20(2,3)18(24)23-12-11-14-9-10-16(13-17(14)23)22-19(25)21-15-7-5-4-6-8-15/h4-10,13H,11-12H2,1-3H3,(H2,21,22,25). The Morgan fingerprint density at radius 3 is 2.32 bits per heavy atom. The number of carbonyl (C=O) groups is 2. The molecule has 1 aliphatic heterocycles. The molecule has 0 aliphatic carbocycles. The van der Waals surface area contributed by atoms with Gasteiger partial charge in [-0.15, -0.1) is 0 Å². The van der Waals surface area contributed by atoms with Gasteiger partial charge >= 0.3 is 6.03 Å². The molecule has 0 radical (unpaired) electrons. The molecular formula is C20H23N3O2. The molecule has 0 saturated heterocycles. The summed E-state index contributed by atoms with van der Waals surface area (Å²) >= 11 is 0. The van der Waals surface area contributed by atoms with Crippen molar-refractivity contribution in [2.24, 2.45) is 5.41 Å². The normalized spacial score (nSPS) is 13.3. The van der Waals surface area contributed by atoms with Gasteiger partial charge in [0.05, 0.1) is 0 Å². The summed E-state index contributed by atoms with van der Waals surface area (Å²) in [5.41, 5.74) is 2.98. The largest absolute Gasteiger partial charge is 0.323 e. The van der Waals surface area contributed by atoms with E-state index >= 15 is 0 Å². The zero-order valence-corrected chi connectivity index (χ0v) is 14.8. The average Bonchev–Trinajstić information content (AvgIpc) is 2.97. The highest BCUT2D eigenvalue weighted by Gasteiger charge is 2.32.